The molecule has 104 valence electrons. The smallest absolute Gasteiger partial charge is 0.325 e. The maximum Gasteiger partial charge on any atom is 0.325 e. The zero-order chi connectivity index (χ0) is 13.5. The van der Waals surface area contributed by atoms with E-state index in [4.69, 9.17) is 4.74 Å². The zero-order valence-electron chi connectivity index (χ0n) is 11.3. The molecule has 1 aliphatic rings. The Labute approximate surface area is 113 Å². The Bertz CT molecular complexity index is 400. The van der Waals surface area contributed by atoms with Crippen molar-refractivity contribution in [1.82, 2.24) is 5.32 Å². The molecule has 0 spiro atoms. The molecule has 0 amide bonds. The largest absolute Gasteiger partial charge is 0.465 e. The van der Waals surface area contributed by atoms with Crippen molar-refractivity contribution in [3.63, 3.8) is 0 Å². The minimum Gasteiger partial charge on any atom is -0.465 e. The van der Waals surface area contributed by atoms with Gasteiger partial charge in [0.1, 0.15) is 6.54 Å². The van der Waals surface area contributed by atoms with Crippen LogP contribution in [-0.2, 0) is 9.53 Å². The number of anilines is 2. The number of benzene rings is 1. The van der Waals surface area contributed by atoms with Gasteiger partial charge in [-0.05, 0) is 31.2 Å². The standard InChI is InChI=1S/C14H21N3O2/c1-2-19-14(18)11-16-12-3-5-13(6-4-12)17-9-7-15-8-10-17/h3-6,15-16H,2,7-11H2,1H3. The molecule has 0 unspecified atom stereocenters. The van der Waals surface area contributed by atoms with Gasteiger partial charge in [-0.25, -0.2) is 0 Å². The molecule has 2 N–H and O–H groups in total. The Hall–Kier alpha value is -1.75. The Balaban J connectivity index is 1.85. The van der Waals surface area contributed by atoms with E-state index in [1.807, 2.05) is 12.1 Å². The third-order valence-electron chi connectivity index (χ3n) is 3.09. The Kier molecular flexibility index (Phi) is 5.03. The van der Waals surface area contributed by atoms with Crippen LogP contribution < -0.4 is 15.5 Å². The number of carbonyl (C=O) groups excluding carboxylic acids is 1. The minimum atomic E-state index is -0.228. The van der Waals surface area contributed by atoms with Crippen LogP contribution in [0.1, 0.15) is 6.92 Å². The van der Waals surface area contributed by atoms with Crippen LogP contribution in [0, 0.1) is 0 Å². The van der Waals surface area contributed by atoms with E-state index in [0.29, 0.717) is 6.61 Å². The lowest BCUT2D eigenvalue weighted by atomic mass is 10.2. The Morgan fingerprint density at radius 2 is 2.00 bits per heavy atom. The van der Waals surface area contributed by atoms with Crippen LogP contribution in [0.2, 0.25) is 0 Å². The summed E-state index contributed by atoms with van der Waals surface area (Å²) >= 11 is 0. The molecule has 0 aromatic heterocycles. The highest BCUT2D eigenvalue weighted by atomic mass is 16.5. The van der Waals surface area contributed by atoms with Crippen LogP contribution in [0.25, 0.3) is 0 Å². The molecular formula is C14H21N3O2. The van der Waals surface area contributed by atoms with Gasteiger partial charge in [-0.3, -0.25) is 4.79 Å². The highest BCUT2D eigenvalue weighted by Crippen LogP contribution is 2.18. The third kappa shape index (κ3) is 4.13. The molecule has 19 heavy (non-hydrogen) atoms. The number of carbonyl (C=O) groups is 1. The highest BCUT2D eigenvalue weighted by Gasteiger charge is 2.10. The lowest BCUT2D eigenvalue weighted by Crippen LogP contribution is -2.43. The number of nitrogens with one attached hydrogen (secondary N) is 2. The molecular weight excluding hydrogens is 242 g/mol. The van der Waals surface area contributed by atoms with Gasteiger partial charge in [0.05, 0.1) is 6.61 Å². The van der Waals surface area contributed by atoms with Crippen molar-refractivity contribution in [2.45, 2.75) is 6.92 Å². The number of rotatable bonds is 5. The number of hydrogen-bond acceptors (Lipinski definition) is 5. The molecule has 2 rings (SSSR count). The van der Waals surface area contributed by atoms with Crippen LogP contribution >= 0.6 is 0 Å². The van der Waals surface area contributed by atoms with E-state index in [9.17, 15) is 4.79 Å². The molecule has 1 aromatic carbocycles. The van der Waals surface area contributed by atoms with E-state index in [0.717, 1.165) is 31.9 Å². The molecule has 0 radical (unpaired) electrons. The van der Waals surface area contributed by atoms with Crippen LogP contribution in [-0.4, -0.2) is 45.3 Å². The summed E-state index contributed by atoms with van der Waals surface area (Å²) in [5.41, 5.74) is 2.16. The predicted octanol–water partition coefficient (Wildman–Crippen LogP) is 1.07. The lowest BCUT2D eigenvalue weighted by molar-refractivity contribution is -0.140. The number of piperazine rings is 1. The molecule has 5 nitrogen and oxygen atoms in total. The van der Waals surface area contributed by atoms with Crippen molar-refractivity contribution in [2.24, 2.45) is 0 Å². The van der Waals surface area contributed by atoms with Crippen molar-refractivity contribution < 1.29 is 9.53 Å². The van der Waals surface area contributed by atoms with Gasteiger partial charge in [-0.15, -0.1) is 0 Å². The molecule has 1 saturated heterocycles. The summed E-state index contributed by atoms with van der Waals surface area (Å²) in [6, 6.07) is 8.16. The summed E-state index contributed by atoms with van der Waals surface area (Å²) in [4.78, 5) is 13.6. The van der Waals surface area contributed by atoms with Crippen LogP contribution in [0.5, 0.6) is 0 Å². The molecule has 1 fully saturated rings. The van der Waals surface area contributed by atoms with Crippen molar-refractivity contribution in [3.05, 3.63) is 24.3 Å². The van der Waals surface area contributed by atoms with E-state index < -0.39 is 0 Å². The summed E-state index contributed by atoms with van der Waals surface area (Å²) in [6.45, 7) is 6.57. The fourth-order valence-electron chi connectivity index (χ4n) is 2.10. The number of hydrogen-bond donors (Lipinski definition) is 2. The maximum absolute atomic E-state index is 11.2. The average Bonchev–Trinajstić information content (AvgIpc) is 2.47. The van der Waals surface area contributed by atoms with Gasteiger partial charge in [0.2, 0.25) is 0 Å². The molecule has 0 aliphatic carbocycles. The summed E-state index contributed by atoms with van der Waals surface area (Å²) in [7, 11) is 0. The first kappa shape index (κ1) is 13.7. The summed E-state index contributed by atoms with van der Waals surface area (Å²) in [5.74, 6) is -0.228. The number of esters is 1. The summed E-state index contributed by atoms with van der Waals surface area (Å²) < 4.78 is 4.87. The summed E-state index contributed by atoms with van der Waals surface area (Å²) in [6.07, 6.45) is 0. The lowest BCUT2D eigenvalue weighted by Gasteiger charge is -2.29. The molecule has 0 saturated carbocycles. The fourth-order valence-corrected chi connectivity index (χ4v) is 2.10. The van der Waals surface area contributed by atoms with Gasteiger partial charge < -0.3 is 20.3 Å². The molecule has 1 heterocycles. The van der Waals surface area contributed by atoms with Gasteiger partial charge in [0.25, 0.3) is 0 Å². The van der Waals surface area contributed by atoms with Crippen molar-refractivity contribution in [1.29, 1.82) is 0 Å². The third-order valence-corrected chi connectivity index (χ3v) is 3.09. The highest BCUT2D eigenvalue weighted by molar-refractivity contribution is 5.75. The van der Waals surface area contributed by atoms with E-state index >= 15 is 0 Å². The molecule has 1 aromatic rings. The quantitative estimate of drug-likeness (QED) is 0.778. The normalized spacial score (nSPS) is 15.1. The van der Waals surface area contributed by atoms with E-state index in [2.05, 4.69) is 27.7 Å². The van der Waals surface area contributed by atoms with Crippen LogP contribution in [0.3, 0.4) is 0 Å². The Morgan fingerprint density at radius 3 is 2.63 bits per heavy atom. The zero-order valence-corrected chi connectivity index (χ0v) is 11.3. The minimum absolute atomic E-state index is 0.209. The van der Waals surface area contributed by atoms with E-state index in [-0.39, 0.29) is 12.5 Å². The van der Waals surface area contributed by atoms with Crippen molar-refractivity contribution in [2.75, 3.05) is 49.5 Å². The molecule has 5 heteroatoms. The number of nitrogens with zero attached hydrogens (tertiary/aromatic N) is 1. The average molecular weight is 263 g/mol. The predicted molar refractivity (Wildman–Crippen MR) is 76.6 cm³/mol. The topological polar surface area (TPSA) is 53.6 Å². The fraction of sp³-hybridized carbons (Fsp3) is 0.500. The van der Waals surface area contributed by atoms with Crippen molar-refractivity contribution in [3.8, 4) is 0 Å². The van der Waals surface area contributed by atoms with E-state index in [1.165, 1.54) is 5.69 Å². The van der Waals surface area contributed by atoms with E-state index in [1.54, 1.807) is 6.92 Å². The second-order valence-corrected chi connectivity index (χ2v) is 4.44. The van der Waals surface area contributed by atoms with Crippen LogP contribution in [0.4, 0.5) is 11.4 Å². The first-order valence-corrected chi connectivity index (χ1v) is 6.75. The second-order valence-electron chi connectivity index (χ2n) is 4.44. The first-order chi connectivity index (χ1) is 9.29. The first-order valence-electron chi connectivity index (χ1n) is 6.75. The van der Waals surface area contributed by atoms with Gasteiger partial charge in [0, 0.05) is 37.6 Å². The molecule has 0 bridgehead atoms. The van der Waals surface area contributed by atoms with Crippen LogP contribution in [0.15, 0.2) is 24.3 Å². The SMILES string of the molecule is CCOC(=O)CNc1ccc(N2CCNCC2)cc1. The van der Waals surface area contributed by atoms with Gasteiger partial charge in [-0.1, -0.05) is 0 Å². The molecule has 1 aliphatic heterocycles. The Morgan fingerprint density at radius 1 is 1.32 bits per heavy atom. The van der Waals surface area contributed by atoms with Gasteiger partial charge in [0.15, 0.2) is 0 Å². The van der Waals surface area contributed by atoms with Gasteiger partial charge in [-0.2, -0.15) is 0 Å². The van der Waals surface area contributed by atoms with Crippen molar-refractivity contribution >= 4 is 17.3 Å². The molecule has 0 atom stereocenters. The summed E-state index contributed by atoms with van der Waals surface area (Å²) in [5, 5.41) is 6.39. The number of ether oxygens (including phenoxy) is 1. The second kappa shape index (κ2) is 6.99. The maximum atomic E-state index is 11.2. The van der Waals surface area contributed by atoms with Gasteiger partial charge >= 0.3 is 5.97 Å². The monoisotopic (exact) mass is 263 g/mol.